The number of pyridine rings is 1. The predicted octanol–water partition coefficient (Wildman–Crippen LogP) is 5.64. The van der Waals surface area contributed by atoms with E-state index in [1.54, 1.807) is 13.3 Å². The van der Waals surface area contributed by atoms with E-state index in [0.717, 1.165) is 66.2 Å². The molecule has 0 aromatic carbocycles. The summed E-state index contributed by atoms with van der Waals surface area (Å²) in [4.78, 5) is 18.6. The van der Waals surface area contributed by atoms with Gasteiger partial charge in [0.05, 0.1) is 12.2 Å². The van der Waals surface area contributed by atoms with E-state index < -0.39 is 5.60 Å². The largest absolute Gasteiger partial charge is 0.387 e. The van der Waals surface area contributed by atoms with Gasteiger partial charge in [-0.05, 0) is 124 Å². The minimum atomic E-state index is -0.626. The summed E-state index contributed by atoms with van der Waals surface area (Å²) in [6.45, 7) is 6.96. The summed E-state index contributed by atoms with van der Waals surface area (Å²) < 4.78 is 7.21. The maximum Gasteiger partial charge on any atom is 0.153 e. The number of aryl methyl sites for hydroxylation is 2. The van der Waals surface area contributed by atoms with Crippen molar-refractivity contribution < 1.29 is 14.6 Å². The fourth-order valence-corrected chi connectivity index (χ4v) is 9.69. The fraction of sp³-hybridized carbons (Fsp3) is 0.719. The number of hydrogen-bond donors (Lipinski definition) is 1. The number of carbonyl (C=O) groups excluding carboxylic acids is 1. The Bertz CT molecular complexity index is 1190. The Balaban J connectivity index is 1.14. The van der Waals surface area contributed by atoms with Crippen LogP contribution in [-0.2, 0) is 16.0 Å². The zero-order valence-electron chi connectivity index (χ0n) is 23.7. The van der Waals surface area contributed by atoms with E-state index in [1.807, 2.05) is 30.7 Å². The van der Waals surface area contributed by atoms with Crippen LogP contribution in [0.2, 0.25) is 0 Å². The molecule has 206 valence electrons. The zero-order chi connectivity index (χ0) is 26.7. The standard InChI is InChI=1S/C32H45N3O3/c1-20-13-16-33-35(20)30-10-6-22(21(2)34-30)17-29(36)28-9-8-27-26-7-5-23-18-32(37,19-38-4)15-12-24(23)25(26)11-14-31(27,28)3/h6,10,13,16,23-28,37H,5,7-9,11-12,14-15,17-19H2,1-4H3/t23-,24+,25-,26-,27+,28-,31+,32-/m1/s1. The predicted molar refractivity (Wildman–Crippen MR) is 147 cm³/mol. The van der Waals surface area contributed by atoms with Gasteiger partial charge in [-0.3, -0.25) is 4.79 Å². The van der Waals surface area contributed by atoms with Gasteiger partial charge in [-0.15, -0.1) is 0 Å². The second-order valence-corrected chi connectivity index (χ2v) is 13.5. The summed E-state index contributed by atoms with van der Waals surface area (Å²) in [7, 11) is 1.70. The molecule has 4 fully saturated rings. The van der Waals surface area contributed by atoms with Gasteiger partial charge in [0.2, 0.25) is 0 Å². The first-order chi connectivity index (χ1) is 18.2. The lowest BCUT2D eigenvalue weighted by atomic mass is 9.49. The highest BCUT2D eigenvalue weighted by atomic mass is 16.5. The Morgan fingerprint density at radius 3 is 2.61 bits per heavy atom. The first-order valence-corrected chi connectivity index (χ1v) is 14.9. The Hall–Kier alpha value is -2.05. The van der Waals surface area contributed by atoms with Crippen molar-refractivity contribution in [2.75, 3.05) is 13.7 Å². The van der Waals surface area contributed by atoms with Gasteiger partial charge < -0.3 is 9.84 Å². The van der Waals surface area contributed by atoms with Gasteiger partial charge in [-0.1, -0.05) is 13.0 Å². The summed E-state index contributed by atoms with van der Waals surface area (Å²) in [5, 5.41) is 15.4. The minimum Gasteiger partial charge on any atom is -0.387 e. The maximum absolute atomic E-state index is 13.8. The number of aliphatic hydroxyl groups is 1. The number of fused-ring (bicyclic) bond motifs is 5. The van der Waals surface area contributed by atoms with Gasteiger partial charge >= 0.3 is 0 Å². The third-order valence-corrected chi connectivity index (χ3v) is 11.5. The number of carbonyl (C=O) groups is 1. The molecule has 2 heterocycles. The van der Waals surface area contributed by atoms with Crippen LogP contribution < -0.4 is 0 Å². The lowest BCUT2D eigenvalue weighted by molar-refractivity contribution is -0.135. The van der Waals surface area contributed by atoms with E-state index in [0.29, 0.717) is 30.6 Å². The molecule has 0 aliphatic heterocycles. The normalized spacial score (nSPS) is 38.3. The van der Waals surface area contributed by atoms with Crippen molar-refractivity contribution in [2.45, 2.75) is 90.6 Å². The molecule has 4 saturated carbocycles. The second kappa shape index (κ2) is 9.85. The topological polar surface area (TPSA) is 77.2 Å². The summed E-state index contributed by atoms with van der Waals surface area (Å²) in [6, 6.07) is 6.05. The minimum absolute atomic E-state index is 0.129. The van der Waals surface area contributed by atoms with E-state index in [4.69, 9.17) is 9.72 Å². The average Bonchev–Trinajstić information content (AvgIpc) is 3.47. The molecule has 6 nitrogen and oxygen atoms in total. The molecule has 6 rings (SSSR count). The van der Waals surface area contributed by atoms with Crippen LogP contribution in [0, 0.1) is 54.8 Å². The van der Waals surface area contributed by atoms with Gasteiger partial charge in [-0.25, -0.2) is 9.67 Å². The summed E-state index contributed by atoms with van der Waals surface area (Å²) in [6.07, 6.45) is 12.4. The van der Waals surface area contributed by atoms with Crippen molar-refractivity contribution in [3.05, 3.63) is 41.3 Å². The molecule has 4 aliphatic carbocycles. The number of hydrogen-bond acceptors (Lipinski definition) is 5. The van der Waals surface area contributed by atoms with Gasteiger partial charge in [0.15, 0.2) is 5.82 Å². The Kier molecular flexibility index (Phi) is 6.79. The molecule has 2 aromatic heterocycles. The van der Waals surface area contributed by atoms with Gasteiger partial charge in [-0.2, -0.15) is 5.10 Å². The average molecular weight is 520 g/mol. The summed E-state index contributed by atoms with van der Waals surface area (Å²) >= 11 is 0. The molecule has 1 N–H and O–H groups in total. The van der Waals surface area contributed by atoms with Crippen LogP contribution in [0.15, 0.2) is 24.4 Å². The molecule has 0 saturated heterocycles. The van der Waals surface area contributed by atoms with Crippen molar-refractivity contribution in [3.8, 4) is 5.82 Å². The molecule has 0 unspecified atom stereocenters. The zero-order valence-corrected chi connectivity index (χ0v) is 23.7. The summed E-state index contributed by atoms with van der Waals surface area (Å²) in [5.41, 5.74) is 2.53. The van der Waals surface area contributed by atoms with E-state index in [1.165, 1.54) is 32.1 Å². The van der Waals surface area contributed by atoms with E-state index in [9.17, 15) is 9.90 Å². The number of methoxy groups -OCH3 is 1. The van der Waals surface area contributed by atoms with E-state index in [-0.39, 0.29) is 11.3 Å². The van der Waals surface area contributed by atoms with Gasteiger partial charge in [0, 0.05) is 37.0 Å². The number of ether oxygens (including phenoxy) is 1. The number of aromatic nitrogens is 3. The number of ketones is 1. The van der Waals surface area contributed by atoms with Crippen LogP contribution in [0.25, 0.3) is 5.82 Å². The highest BCUT2D eigenvalue weighted by Crippen LogP contribution is 2.64. The second-order valence-electron chi connectivity index (χ2n) is 13.5. The third-order valence-electron chi connectivity index (χ3n) is 11.5. The molecular formula is C32H45N3O3. The van der Waals surface area contributed by atoms with Crippen LogP contribution in [0.1, 0.15) is 81.7 Å². The van der Waals surface area contributed by atoms with E-state index in [2.05, 4.69) is 18.1 Å². The molecule has 4 aliphatic rings. The van der Waals surface area contributed by atoms with Crippen LogP contribution >= 0.6 is 0 Å². The highest BCUT2D eigenvalue weighted by molar-refractivity contribution is 5.84. The van der Waals surface area contributed by atoms with Crippen molar-refractivity contribution >= 4 is 5.78 Å². The van der Waals surface area contributed by atoms with Crippen molar-refractivity contribution in [1.82, 2.24) is 14.8 Å². The number of Topliss-reactive ketones (excluding diaryl/α,β-unsaturated/α-hetero) is 1. The molecule has 0 amide bonds. The quantitative estimate of drug-likeness (QED) is 0.534. The molecule has 38 heavy (non-hydrogen) atoms. The first-order valence-electron chi connectivity index (χ1n) is 14.9. The maximum atomic E-state index is 13.8. The molecule has 0 spiro atoms. The first kappa shape index (κ1) is 26.2. The number of nitrogens with zero attached hydrogens (tertiary/aromatic N) is 3. The fourth-order valence-electron chi connectivity index (χ4n) is 9.69. The van der Waals surface area contributed by atoms with Gasteiger partial charge in [0.25, 0.3) is 0 Å². The Morgan fingerprint density at radius 1 is 1.05 bits per heavy atom. The van der Waals surface area contributed by atoms with Crippen molar-refractivity contribution in [2.24, 2.45) is 40.9 Å². The van der Waals surface area contributed by atoms with Crippen LogP contribution in [0.5, 0.6) is 0 Å². The number of rotatable bonds is 6. The Morgan fingerprint density at radius 2 is 1.87 bits per heavy atom. The Labute approximate surface area is 227 Å². The third kappa shape index (κ3) is 4.36. The summed E-state index contributed by atoms with van der Waals surface area (Å²) in [5.74, 6) is 4.97. The molecule has 6 heteroatoms. The SMILES string of the molecule is COC[C@@]1(O)CC[C@H]2[C@H](CC[C@@H]3[C@@H]2CC[C@]2(C)[C@@H](C(=O)Cc4ccc(-n5nccc5C)nc4C)CC[C@@H]32)C1. The highest BCUT2D eigenvalue weighted by Gasteiger charge is 2.58. The lowest BCUT2D eigenvalue weighted by Gasteiger charge is -2.57. The van der Waals surface area contributed by atoms with Crippen LogP contribution in [0.3, 0.4) is 0 Å². The monoisotopic (exact) mass is 519 g/mol. The molecule has 0 bridgehead atoms. The van der Waals surface area contributed by atoms with E-state index >= 15 is 0 Å². The van der Waals surface area contributed by atoms with Crippen molar-refractivity contribution in [3.63, 3.8) is 0 Å². The molecule has 2 aromatic rings. The van der Waals surface area contributed by atoms with Crippen molar-refractivity contribution in [1.29, 1.82) is 0 Å². The molecule has 8 atom stereocenters. The molecule has 0 radical (unpaired) electrons. The smallest absolute Gasteiger partial charge is 0.153 e. The molecular weight excluding hydrogens is 474 g/mol. The lowest BCUT2D eigenvalue weighted by Crippen LogP contribution is -2.52. The van der Waals surface area contributed by atoms with Crippen LogP contribution in [0.4, 0.5) is 0 Å². The van der Waals surface area contributed by atoms with Gasteiger partial charge in [0.1, 0.15) is 5.78 Å². The van der Waals surface area contributed by atoms with Crippen LogP contribution in [-0.4, -0.2) is 45.0 Å².